The molecule has 0 amide bonds. The Morgan fingerprint density at radius 1 is 0.333 bits per heavy atom. The molecule has 63 heavy (non-hydrogen) atoms. The topological polar surface area (TPSA) is 251 Å². The standard InChI is InChI=1S/C46H70O17/c1-11-15-37(53)16-22-44(31(5)47,32(6)48)25-19-40(56)61-28-43(12-2,29-62-41(57)20-26-45(33(7)49,34(8)50)23-17-38(54)59-13-3)30-63-42(58)21-27-46(35(9)51,36(10)52)24-18-39(55)60-14-4/h11-30H2,1-10H3. The molecule has 0 radical (unpaired) electrons. The predicted molar refractivity (Wildman–Crippen MR) is 226 cm³/mol. The van der Waals surface area contributed by atoms with Gasteiger partial charge in [0, 0.05) is 44.9 Å². The molecular weight excluding hydrogens is 824 g/mol. The molecule has 0 saturated carbocycles. The van der Waals surface area contributed by atoms with Gasteiger partial charge in [0.25, 0.3) is 0 Å². The molecule has 0 aromatic carbocycles. The van der Waals surface area contributed by atoms with Gasteiger partial charge in [-0.1, -0.05) is 13.8 Å². The summed E-state index contributed by atoms with van der Waals surface area (Å²) in [4.78, 5) is 153. The maximum absolute atomic E-state index is 13.3. The Labute approximate surface area is 371 Å². The van der Waals surface area contributed by atoms with Crippen molar-refractivity contribution in [2.45, 2.75) is 166 Å². The Bertz CT molecular complexity index is 1440. The van der Waals surface area contributed by atoms with Crippen molar-refractivity contribution in [3.63, 3.8) is 0 Å². The van der Waals surface area contributed by atoms with E-state index in [-0.39, 0.29) is 89.6 Å². The molecule has 0 unspecified atom stereocenters. The second kappa shape index (κ2) is 28.0. The average Bonchev–Trinajstić information content (AvgIpc) is 3.20. The molecule has 0 aliphatic heterocycles. The monoisotopic (exact) mass is 894 g/mol. The smallest absolute Gasteiger partial charge is 0.305 e. The minimum absolute atomic E-state index is 0.0333. The Morgan fingerprint density at radius 3 is 0.778 bits per heavy atom. The molecule has 0 aliphatic carbocycles. The zero-order valence-electron chi connectivity index (χ0n) is 39.1. The Morgan fingerprint density at radius 2 is 0.571 bits per heavy atom. The number of ketones is 7. The second-order valence-corrected chi connectivity index (χ2v) is 16.3. The Hall–Kier alpha value is -4.96. The summed E-state index contributed by atoms with van der Waals surface area (Å²) in [6.45, 7) is 12.5. The van der Waals surface area contributed by atoms with Crippen molar-refractivity contribution in [3.05, 3.63) is 0 Å². The minimum atomic E-state index is -1.68. The number of Topliss-reactive ketones (excluding diaryl/α,β-unsaturated/α-hetero) is 7. The molecule has 0 spiro atoms. The van der Waals surface area contributed by atoms with E-state index in [0.717, 1.165) is 0 Å². The highest BCUT2D eigenvalue weighted by Gasteiger charge is 2.44. The van der Waals surface area contributed by atoms with Gasteiger partial charge in [0.1, 0.15) is 60.3 Å². The minimum Gasteiger partial charge on any atom is -0.466 e. The van der Waals surface area contributed by atoms with Crippen LogP contribution in [-0.2, 0) is 81.2 Å². The second-order valence-electron chi connectivity index (χ2n) is 16.3. The SMILES string of the molecule is CCCC(=O)CCC(CCC(=O)OCC(CC)(COC(=O)CCC(CCC(=O)OCC)(C(C)=O)C(C)=O)COC(=O)CCC(CCC(=O)OCC)(C(C)=O)C(C)=O)(C(C)=O)C(C)=O. The van der Waals surface area contributed by atoms with Gasteiger partial charge < -0.3 is 23.7 Å². The van der Waals surface area contributed by atoms with Crippen molar-refractivity contribution >= 4 is 70.3 Å². The lowest BCUT2D eigenvalue weighted by Crippen LogP contribution is -2.41. The molecule has 0 heterocycles. The van der Waals surface area contributed by atoms with Crippen LogP contribution in [0.2, 0.25) is 0 Å². The van der Waals surface area contributed by atoms with E-state index in [4.69, 9.17) is 23.7 Å². The molecule has 356 valence electrons. The number of carbonyl (C=O) groups is 12. The van der Waals surface area contributed by atoms with Crippen LogP contribution in [0.3, 0.4) is 0 Å². The van der Waals surface area contributed by atoms with E-state index in [1.807, 2.05) is 6.92 Å². The summed E-state index contributed by atoms with van der Waals surface area (Å²) in [7, 11) is 0. The highest BCUT2D eigenvalue weighted by atomic mass is 16.6. The van der Waals surface area contributed by atoms with E-state index < -0.39 is 125 Å². The first-order valence-electron chi connectivity index (χ1n) is 21.8. The van der Waals surface area contributed by atoms with E-state index in [9.17, 15) is 57.5 Å². The summed E-state index contributed by atoms with van der Waals surface area (Å²) in [5, 5.41) is 0. The van der Waals surface area contributed by atoms with Gasteiger partial charge in [-0.05, 0) is 107 Å². The molecule has 0 aromatic heterocycles. The third-order valence-corrected chi connectivity index (χ3v) is 12.2. The third-order valence-electron chi connectivity index (χ3n) is 12.2. The number of esters is 5. The molecule has 0 rings (SSSR count). The van der Waals surface area contributed by atoms with E-state index in [2.05, 4.69) is 0 Å². The first-order valence-corrected chi connectivity index (χ1v) is 21.8. The van der Waals surface area contributed by atoms with E-state index in [0.29, 0.717) is 6.42 Å². The number of ether oxygens (including phenoxy) is 5. The van der Waals surface area contributed by atoms with Crippen molar-refractivity contribution in [3.8, 4) is 0 Å². The van der Waals surface area contributed by atoms with Gasteiger partial charge in [0.15, 0.2) is 0 Å². The summed E-state index contributed by atoms with van der Waals surface area (Å²) in [5.74, 6) is -7.19. The largest absolute Gasteiger partial charge is 0.466 e. The maximum atomic E-state index is 13.3. The molecule has 0 atom stereocenters. The fraction of sp³-hybridized carbons (Fsp3) is 0.739. The summed E-state index contributed by atoms with van der Waals surface area (Å²) < 4.78 is 26.7. The molecule has 0 aromatic rings. The first-order chi connectivity index (χ1) is 29.4. The highest BCUT2D eigenvalue weighted by Crippen LogP contribution is 2.36. The zero-order valence-corrected chi connectivity index (χ0v) is 39.1. The van der Waals surface area contributed by atoms with Gasteiger partial charge in [0.05, 0.1) is 34.9 Å². The van der Waals surface area contributed by atoms with E-state index in [1.165, 1.54) is 41.5 Å². The number of hydrogen-bond donors (Lipinski definition) is 0. The van der Waals surface area contributed by atoms with Gasteiger partial charge in [0.2, 0.25) is 0 Å². The van der Waals surface area contributed by atoms with Crippen LogP contribution < -0.4 is 0 Å². The summed E-state index contributed by atoms with van der Waals surface area (Å²) in [6, 6.07) is 0. The van der Waals surface area contributed by atoms with Crippen molar-refractivity contribution in [2.24, 2.45) is 21.7 Å². The lowest BCUT2D eigenvalue weighted by Gasteiger charge is -2.32. The van der Waals surface area contributed by atoms with Gasteiger partial charge in [-0.2, -0.15) is 0 Å². The van der Waals surface area contributed by atoms with E-state index in [1.54, 1.807) is 20.8 Å². The van der Waals surface area contributed by atoms with Crippen LogP contribution in [0.5, 0.6) is 0 Å². The summed E-state index contributed by atoms with van der Waals surface area (Å²) in [6.07, 6.45) is -2.19. The average molecular weight is 895 g/mol. The molecular formula is C46H70O17. The number of carbonyl (C=O) groups excluding carboxylic acids is 12. The van der Waals surface area contributed by atoms with Crippen molar-refractivity contribution < 1.29 is 81.2 Å². The number of hydrogen-bond acceptors (Lipinski definition) is 17. The molecule has 0 bridgehead atoms. The Balaban J connectivity index is 6.44. The normalized spacial score (nSPS) is 11.8. The van der Waals surface area contributed by atoms with Gasteiger partial charge >= 0.3 is 29.8 Å². The van der Waals surface area contributed by atoms with Crippen molar-refractivity contribution in [1.29, 1.82) is 0 Å². The van der Waals surface area contributed by atoms with Crippen LogP contribution in [-0.4, -0.2) is 103 Å². The van der Waals surface area contributed by atoms with Crippen LogP contribution in [0.25, 0.3) is 0 Å². The lowest BCUT2D eigenvalue weighted by atomic mass is 9.72. The van der Waals surface area contributed by atoms with Gasteiger partial charge in [-0.25, -0.2) is 0 Å². The van der Waals surface area contributed by atoms with Crippen LogP contribution in [0.15, 0.2) is 0 Å². The van der Waals surface area contributed by atoms with E-state index >= 15 is 0 Å². The molecule has 0 fully saturated rings. The molecule has 0 N–H and O–H groups in total. The van der Waals surface area contributed by atoms with Crippen LogP contribution >= 0.6 is 0 Å². The maximum Gasteiger partial charge on any atom is 0.305 e. The molecule has 17 heteroatoms. The molecule has 0 saturated heterocycles. The van der Waals surface area contributed by atoms with Gasteiger partial charge in [-0.15, -0.1) is 0 Å². The van der Waals surface area contributed by atoms with Crippen molar-refractivity contribution in [2.75, 3.05) is 33.0 Å². The van der Waals surface area contributed by atoms with Crippen LogP contribution in [0.1, 0.15) is 166 Å². The third kappa shape index (κ3) is 18.3. The molecule has 0 aliphatic rings. The zero-order chi connectivity index (χ0) is 48.6. The first kappa shape index (κ1) is 58.0. The number of rotatable bonds is 35. The Kier molecular flexibility index (Phi) is 25.8. The fourth-order valence-electron chi connectivity index (χ4n) is 7.38. The van der Waals surface area contributed by atoms with Crippen LogP contribution in [0.4, 0.5) is 0 Å². The highest BCUT2D eigenvalue weighted by molar-refractivity contribution is 6.07. The lowest BCUT2D eigenvalue weighted by molar-refractivity contribution is -0.163. The van der Waals surface area contributed by atoms with Gasteiger partial charge in [-0.3, -0.25) is 57.5 Å². The fourth-order valence-corrected chi connectivity index (χ4v) is 7.38. The predicted octanol–water partition coefficient (Wildman–Crippen LogP) is 5.68. The van der Waals surface area contributed by atoms with Crippen LogP contribution in [0, 0.1) is 21.7 Å². The summed E-state index contributed by atoms with van der Waals surface area (Å²) in [5.41, 5.74) is -6.37. The molecule has 17 nitrogen and oxygen atoms in total. The van der Waals surface area contributed by atoms with Crippen molar-refractivity contribution in [1.82, 2.24) is 0 Å². The summed E-state index contributed by atoms with van der Waals surface area (Å²) >= 11 is 0. The quantitative estimate of drug-likeness (QED) is 0.0421.